The maximum Gasteiger partial charge on any atom is 0.272 e. The van der Waals surface area contributed by atoms with Crippen LogP contribution in [0.3, 0.4) is 0 Å². The molecule has 4 rings (SSSR count). The van der Waals surface area contributed by atoms with Crippen LogP contribution in [0.15, 0.2) is 53.2 Å². The van der Waals surface area contributed by atoms with Crippen LogP contribution in [0.1, 0.15) is 16.1 Å². The molecule has 0 atom stereocenters. The number of hydrogen-bond donors (Lipinski definition) is 0. The average molecular weight is 337 g/mol. The van der Waals surface area contributed by atoms with Crippen LogP contribution in [-0.4, -0.2) is 46.9 Å². The Morgan fingerprint density at radius 2 is 1.88 bits per heavy atom. The number of pyridine rings is 1. The van der Waals surface area contributed by atoms with Gasteiger partial charge in [0.2, 0.25) is 0 Å². The topological polar surface area (TPSA) is 36.4 Å². The molecule has 3 aromatic rings. The molecule has 1 aliphatic heterocycles. The van der Waals surface area contributed by atoms with E-state index in [1.54, 1.807) is 11.3 Å². The number of rotatable bonds is 3. The Bertz CT molecular complexity index is 839. The largest absolute Gasteiger partial charge is 0.335 e. The van der Waals surface area contributed by atoms with Crippen molar-refractivity contribution in [3.63, 3.8) is 0 Å². The molecule has 0 spiro atoms. The zero-order chi connectivity index (χ0) is 16.4. The highest BCUT2D eigenvalue weighted by molar-refractivity contribution is 7.07. The fourth-order valence-electron chi connectivity index (χ4n) is 3.10. The number of carbonyl (C=O) groups excluding carboxylic acids is 1. The normalized spacial score (nSPS) is 15.8. The van der Waals surface area contributed by atoms with E-state index >= 15 is 0 Å². The second-order valence-electron chi connectivity index (χ2n) is 6.09. The molecule has 0 bridgehead atoms. The molecule has 0 aliphatic carbocycles. The first-order valence-electron chi connectivity index (χ1n) is 8.18. The van der Waals surface area contributed by atoms with Gasteiger partial charge >= 0.3 is 0 Å². The van der Waals surface area contributed by atoms with Crippen LogP contribution < -0.4 is 0 Å². The predicted octanol–water partition coefficient (Wildman–Crippen LogP) is 3.25. The maximum absolute atomic E-state index is 12.7. The van der Waals surface area contributed by atoms with Crippen molar-refractivity contribution in [2.75, 3.05) is 26.2 Å². The fraction of sp³-hybridized carbons (Fsp3) is 0.263. The lowest BCUT2D eigenvalue weighted by atomic mass is 10.2. The Kier molecular flexibility index (Phi) is 4.28. The van der Waals surface area contributed by atoms with Gasteiger partial charge in [-0.05, 0) is 34.5 Å². The van der Waals surface area contributed by atoms with Crippen molar-refractivity contribution in [3.05, 3.63) is 64.5 Å². The molecule has 122 valence electrons. The van der Waals surface area contributed by atoms with Gasteiger partial charge in [0.1, 0.15) is 5.69 Å². The van der Waals surface area contributed by atoms with E-state index in [1.165, 1.54) is 5.56 Å². The summed E-state index contributed by atoms with van der Waals surface area (Å²) in [5.41, 5.74) is 2.77. The summed E-state index contributed by atoms with van der Waals surface area (Å²) in [6.45, 7) is 4.32. The molecule has 24 heavy (non-hydrogen) atoms. The molecular formula is C19H19N3OS. The quantitative estimate of drug-likeness (QED) is 0.736. The lowest BCUT2D eigenvalue weighted by molar-refractivity contribution is 0.0623. The van der Waals surface area contributed by atoms with Gasteiger partial charge in [-0.15, -0.1) is 0 Å². The summed E-state index contributed by atoms with van der Waals surface area (Å²) in [6, 6.07) is 13.9. The molecule has 1 amide bonds. The van der Waals surface area contributed by atoms with Crippen molar-refractivity contribution < 1.29 is 4.79 Å². The van der Waals surface area contributed by atoms with Gasteiger partial charge < -0.3 is 4.90 Å². The number of hydrogen-bond acceptors (Lipinski definition) is 4. The Morgan fingerprint density at radius 3 is 2.67 bits per heavy atom. The van der Waals surface area contributed by atoms with Crippen LogP contribution in [-0.2, 0) is 6.54 Å². The molecule has 1 fully saturated rings. The van der Waals surface area contributed by atoms with Gasteiger partial charge in [-0.2, -0.15) is 11.3 Å². The standard InChI is InChI=1S/C19H19N3OS/c23-19(18-6-5-16-3-1-2-4-17(16)20-18)22-10-8-21(9-11-22)13-15-7-12-24-14-15/h1-7,12,14H,8-11,13H2. The number of thiophene rings is 1. The molecule has 1 aliphatic rings. The van der Waals surface area contributed by atoms with E-state index in [9.17, 15) is 4.79 Å². The Labute approximate surface area is 145 Å². The number of para-hydroxylation sites is 1. The average Bonchev–Trinajstić information content (AvgIpc) is 3.14. The first-order valence-corrected chi connectivity index (χ1v) is 9.12. The third kappa shape index (κ3) is 3.18. The van der Waals surface area contributed by atoms with E-state index < -0.39 is 0 Å². The Morgan fingerprint density at radius 1 is 1.04 bits per heavy atom. The van der Waals surface area contributed by atoms with E-state index in [2.05, 4.69) is 26.7 Å². The molecule has 0 unspecified atom stereocenters. The van der Waals surface area contributed by atoms with Gasteiger partial charge in [0, 0.05) is 38.1 Å². The summed E-state index contributed by atoms with van der Waals surface area (Å²) in [6.07, 6.45) is 0. The molecule has 1 saturated heterocycles. The summed E-state index contributed by atoms with van der Waals surface area (Å²) >= 11 is 1.73. The monoisotopic (exact) mass is 337 g/mol. The van der Waals surface area contributed by atoms with Gasteiger partial charge in [-0.1, -0.05) is 24.3 Å². The number of nitrogens with zero attached hydrogens (tertiary/aromatic N) is 3. The summed E-state index contributed by atoms with van der Waals surface area (Å²) in [4.78, 5) is 21.6. The van der Waals surface area contributed by atoms with E-state index in [4.69, 9.17) is 0 Å². The van der Waals surface area contributed by atoms with Crippen molar-refractivity contribution >= 4 is 28.1 Å². The zero-order valence-electron chi connectivity index (χ0n) is 13.4. The van der Waals surface area contributed by atoms with E-state index in [1.807, 2.05) is 41.3 Å². The number of carbonyl (C=O) groups is 1. The summed E-state index contributed by atoms with van der Waals surface area (Å²) in [7, 11) is 0. The number of benzene rings is 1. The molecule has 4 nitrogen and oxygen atoms in total. The zero-order valence-corrected chi connectivity index (χ0v) is 14.2. The van der Waals surface area contributed by atoms with E-state index in [0.717, 1.165) is 43.6 Å². The van der Waals surface area contributed by atoms with Crippen molar-refractivity contribution in [2.24, 2.45) is 0 Å². The van der Waals surface area contributed by atoms with Crippen LogP contribution >= 0.6 is 11.3 Å². The number of amides is 1. The summed E-state index contributed by atoms with van der Waals surface area (Å²) in [5, 5.41) is 5.37. The molecule has 5 heteroatoms. The van der Waals surface area contributed by atoms with Gasteiger partial charge in [0.15, 0.2) is 0 Å². The highest BCUT2D eigenvalue weighted by atomic mass is 32.1. The van der Waals surface area contributed by atoms with Crippen molar-refractivity contribution in [3.8, 4) is 0 Å². The van der Waals surface area contributed by atoms with Crippen LogP contribution in [0.2, 0.25) is 0 Å². The minimum absolute atomic E-state index is 0.0379. The second-order valence-corrected chi connectivity index (χ2v) is 6.87. The third-order valence-electron chi connectivity index (χ3n) is 4.46. The lowest BCUT2D eigenvalue weighted by Crippen LogP contribution is -2.48. The first-order chi connectivity index (χ1) is 11.8. The molecule has 0 saturated carbocycles. The number of aromatic nitrogens is 1. The van der Waals surface area contributed by atoms with E-state index in [0.29, 0.717) is 5.69 Å². The minimum Gasteiger partial charge on any atom is -0.335 e. The minimum atomic E-state index is 0.0379. The van der Waals surface area contributed by atoms with Crippen LogP contribution in [0, 0.1) is 0 Å². The SMILES string of the molecule is O=C(c1ccc2ccccc2n1)N1CCN(Cc2ccsc2)CC1. The van der Waals surface area contributed by atoms with E-state index in [-0.39, 0.29) is 5.91 Å². The molecule has 2 aromatic heterocycles. The maximum atomic E-state index is 12.7. The van der Waals surface area contributed by atoms with Crippen molar-refractivity contribution in [2.45, 2.75) is 6.54 Å². The summed E-state index contributed by atoms with van der Waals surface area (Å²) < 4.78 is 0. The highest BCUT2D eigenvalue weighted by Crippen LogP contribution is 2.15. The number of piperazine rings is 1. The predicted molar refractivity (Wildman–Crippen MR) is 97.2 cm³/mol. The summed E-state index contributed by atoms with van der Waals surface area (Å²) in [5.74, 6) is 0.0379. The van der Waals surface area contributed by atoms with Gasteiger partial charge in [0.25, 0.3) is 5.91 Å². The van der Waals surface area contributed by atoms with Crippen LogP contribution in [0.5, 0.6) is 0 Å². The molecule has 3 heterocycles. The third-order valence-corrected chi connectivity index (χ3v) is 5.20. The molecule has 0 radical (unpaired) electrons. The lowest BCUT2D eigenvalue weighted by Gasteiger charge is -2.34. The number of fused-ring (bicyclic) bond motifs is 1. The Balaban J connectivity index is 1.41. The van der Waals surface area contributed by atoms with Crippen molar-refractivity contribution in [1.82, 2.24) is 14.8 Å². The fourth-order valence-corrected chi connectivity index (χ4v) is 3.76. The van der Waals surface area contributed by atoms with Gasteiger partial charge in [-0.25, -0.2) is 4.98 Å². The van der Waals surface area contributed by atoms with Gasteiger partial charge in [-0.3, -0.25) is 9.69 Å². The van der Waals surface area contributed by atoms with Crippen LogP contribution in [0.25, 0.3) is 10.9 Å². The van der Waals surface area contributed by atoms with Gasteiger partial charge in [0.05, 0.1) is 5.52 Å². The highest BCUT2D eigenvalue weighted by Gasteiger charge is 2.23. The van der Waals surface area contributed by atoms with Crippen LogP contribution in [0.4, 0.5) is 0 Å². The molecule has 1 aromatic carbocycles. The molecular weight excluding hydrogens is 318 g/mol. The molecule has 0 N–H and O–H groups in total. The van der Waals surface area contributed by atoms with Crippen molar-refractivity contribution in [1.29, 1.82) is 0 Å². The smallest absolute Gasteiger partial charge is 0.272 e. The second kappa shape index (κ2) is 6.71. The Hall–Kier alpha value is -2.24. The first kappa shape index (κ1) is 15.3.